The molecule has 0 radical (unpaired) electrons. The lowest BCUT2D eigenvalue weighted by molar-refractivity contribution is 0.305. The van der Waals surface area contributed by atoms with E-state index in [1.54, 1.807) is 6.07 Å². The summed E-state index contributed by atoms with van der Waals surface area (Å²) in [5.74, 6) is 5.56. The normalized spacial score (nSPS) is 9.75. The highest BCUT2D eigenvalue weighted by Gasteiger charge is 2.01. The number of ether oxygens (including phenoxy) is 1. The summed E-state index contributed by atoms with van der Waals surface area (Å²) in [5, 5.41) is 8.65. The minimum atomic E-state index is -0.364. The van der Waals surface area contributed by atoms with Gasteiger partial charge >= 0.3 is 0 Å². The third-order valence-corrected chi connectivity index (χ3v) is 2.70. The molecular weight excluding hydrogens is 255 g/mol. The largest absolute Gasteiger partial charge is 0.489 e. The highest BCUT2D eigenvalue weighted by Crippen LogP contribution is 2.15. The van der Waals surface area contributed by atoms with Crippen molar-refractivity contribution in [3.8, 4) is 17.6 Å². The molecule has 0 amide bonds. The number of aliphatic hydroxyl groups excluding tert-OH is 1. The van der Waals surface area contributed by atoms with Crippen molar-refractivity contribution in [1.82, 2.24) is 0 Å². The van der Waals surface area contributed by atoms with Gasteiger partial charge in [0.2, 0.25) is 0 Å². The summed E-state index contributed by atoms with van der Waals surface area (Å²) in [4.78, 5) is 0. The summed E-state index contributed by atoms with van der Waals surface area (Å²) in [7, 11) is 0. The first-order chi connectivity index (χ1) is 9.67. The number of halogens is 1. The monoisotopic (exact) mass is 270 g/mol. The van der Waals surface area contributed by atoms with Crippen LogP contribution < -0.4 is 4.74 Å². The third kappa shape index (κ3) is 4.11. The minimum Gasteiger partial charge on any atom is -0.489 e. The van der Waals surface area contributed by atoms with Crippen LogP contribution in [-0.2, 0) is 6.61 Å². The molecule has 2 rings (SSSR count). The molecule has 2 aromatic rings. The Balaban J connectivity index is 2.09. The topological polar surface area (TPSA) is 29.5 Å². The highest BCUT2D eigenvalue weighted by atomic mass is 19.1. The van der Waals surface area contributed by atoms with Gasteiger partial charge in [-0.3, -0.25) is 0 Å². The van der Waals surface area contributed by atoms with Crippen LogP contribution in [0, 0.1) is 24.6 Å². The fourth-order valence-corrected chi connectivity index (χ4v) is 1.75. The van der Waals surface area contributed by atoms with E-state index >= 15 is 0 Å². The molecular formula is C17H15FO2. The van der Waals surface area contributed by atoms with Crippen LogP contribution in [0.4, 0.5) is 4.39 Å². The van der Waals surface area contributed by atoms with Gasteiger partial charge in [0, 0.05) is 5.56 Å². The lowest BCUT2D eigenvalue weighted by Gasteiger charge is -2.07. The Morgan fingerprint density at radius 1 is 1.15 bits per heavy atom. The van der Waals surface area contributed by atoms with Gasteiger partial charge in [-0.15, -0.1) is 0 Å². The number of benzene rings is 2. The predicted octanol–water partition coefficient (Wildman–Crippen LogP) is 3.06. The summed E-state index contributed by atoms with van der Waals surface area (Å²) in [6.07, 6.45) is 0. The molecule has 0 saturated carbocycles. The van der Waals surface area contributed by atoms with Crippen LogP contribution in [0.15, 0.2) is 42.5 Å². The van der Waals surface area contributed by atoms with Crippen molar-refractivity contribution in [2.45, 2.75) is 13.5 Å². The molecule has 0 spiro atoms. The van der Waals surface area contributed by atoms with Gasteiger partial charge in [0.05, 0.1) is 0 Å². The van der Waals surface area contributed by atoms with Crippen LogP contribution >= 0.6 is 0 Å². The number of aryl methyl sites for hydroxylation is 1. The first-order valence-corrected chi connectivity index (χ1v) is 6.26. The van der Waals surface area contributed by atoms with Gasteiger partial charge in [-0.1, -0.05) is 29.5 Å². The maximum atomic E-state index is 13.4. The molecule has 0 aromatic heterocycles. The van der Waals surface area contributed by atoms with Gasteiger partial charge in [0.15, 0.2) is 0 Å². The zero-order chi connectivity index (χ0) is 14.4. The maximum Gasteiger partial charge on any atom is 0.124 e. The van der Waals surface area contributed by atoms with Crippen LogP contribution in [0.5, 0.6) is 5.75 Å². The van der Waals surface area contributed by atoms with E-state index in [-0.39, 0.29) is 19.0 Å². The molecule has 0 saturated heterocycles. The Morgan fingerprint density at radius 2 is 1.90 bits per heavy atom. The Hall–Kier alpha value is -2.31. The fourth-order valence-electron chi connectivity index (χ4n) is 1.75. The second-order valence-corrected chi connectivity index (χ2v) is 4.41. The molecule has 2 aromatic carbocycles. The summed E-state index contributed by atoms with van der Waals surface area (Å²) in [6, 6.07) is 12.2. The van der Waals surface area contributed by atoms with Crippen molar-refractivity contribution in [3.63, 3.8) is 0 Å². The van der Waals surface area contributed by atoms with Crippen molar-refractivity contribution in [1.29, 1.82) is 0 Å². The number of hydrogen-bond acceptors (Lipinski definition) is 2. The van der Waals surface area contributed by atoms with E-state index in [0.29, 0.717) is 11.1 Å². The molecule has 2 nitrogen and oxygen atoms in total. The molecule has 102 valence electrons. The van der Waals surface area contributed by atoms with Crippen LogP contribution in [0.2, 0.25) is 0 Å². The second-order valence-electron chi connectivity index (χ2n) is 4.41. The van der Waals surface area contributed by atoms with Gasteiger partial charge in [-0.2, -0.15) is 0 Å². The van der Waals surface area contributed by atoms with E-state index in [9.17, 15) is 4.39 Å². The van der Waals surface area contributed by atoms with E-state index in [2.05, 4.69) is 11.8 Å². The molecule has 1 N–H and O–H groups in total. The molecule has 0 bridgehead atoms. The Morgan fingerprint density at radius 3 is 2.60 bits per heavy atom. The Bertz CT molecular complexity index is 636. The summed E-state index contributed by atoms with van der Waals surface area (Å²) < 4.78 is 19.0. The van der Waals surface area contributed by atoms with Crippen LogP contribution in [-0.4, -0.2) is 11.7 Å². The molecule has 0 fully saturated rings. The first kappa shape index (κ1) is 14.1. The Labute approximate surface area is 117 Å². The van der Waals surface area contributed by atoms with Crippen molar-refractivity contribution in [3.05, 3.63) is 65.0 Å². The average molecular weight is 270 g/mol. The van der Waals surface area contributed by atoms with E-state index in [0.717, 1.165) is 11.3 Å². The first-order valence-electron chi connectivity index (χ1n) is 6.26. The zero-order valence-electron chi connectivity index (χ0n) is 11.2. The fraction of sp³-hybridized carbons (Fsp3) is 0.176. The van der Waals surface area contributed by atoms with Gasteiger partial charge in [0.25, 0.3) is 0 Å². The van der Waals surface area contributed by atoms with Crippen LogP contribution in [0.1, 0.15) is 16.7 Å². The smallest absolute Gasteiger partial charge is 0.124 e. The molecule has 0 aliphatic heterocycles. The number of aliphatic hydroxyl groups is 1. The molecule has 0 unspecified atom stereocenters. The highest BCUT2D eigenvalue weighted by molar-refractivity contribution is 5.38. The maximum absolute atomic E-state index is 13.4. The Kier molecular flexibility index (Phi) is 4.75. The predicted molar refractivity (Wildman–Crippen MR) is 75.9 cm³/mol. The SMILES string of the molecule is Cc1ccc(OCc2cc(F)cc(C#CCO)c2)cc1. The molecule has 0 aliphatic carbocycles. The summed E-state index contributed by atoms with van der Waals surface area (Å²) >= 11 is 0. The van der Waals surface area contributed by atoms with Crippen LogP contribution in [0.3, 0.4) is 0 Å². The minimum absolute atomic E-state index is 0.244. The summed E-state index contributed by atoms with van der Waals surface area (Å²) in [6.45, 7) is 2.03. The van der Waals surface area contributed by atoms with Crippen molar-refractivity contribution < 1.29 is 14.2 Å². The van der Waals surface area contributed by atoms with Crippen molar-refractivity contribution in [2.24, 2.45) is 0 Å². The van der Waals surface area contributed by atoms with Crippen molar-refractivity contribution >= 4 is 0 Å². The average Bonchev–Trinajstić information content (AvgIpc) is 2.44. The third-order valence-electron chi connectivity index (χ3n) is 2.70. The van der Waals surface area contributed by atoms with E-state index < -0.39 is 0 Å². The second kappa shape index (κ2) is 6.74. The van der Waals surface area contributed by atoms with E-state index in [1.807, 2.05) is 31.2 Å². The number of rotatable bonds is 3. The molecule has 3 heteroatoms. The van der Waals surface area contributed by atoms with E-state index in [4.69, 9.17) is 9.84 Å². The molecule has 0 heterocycles. The molecule has 0 atom stereocenters. The lowest BCUT2D eigenvalue weighted by atomic mass is 10.1. The van der Waals surface area contributed by atoms with Gasteiger partial charge in [-0.05, 0) is 42.8 Å². The van der Waals surface area contributed by atoms with Gasteiger partial charge in [0.1, 0.15) is 24.8 Å². The van der Waals surface area contributed by atoms with Gasteiger partial charge < -0.3 is 9.84 Å². The van der Waals surface area contributed by atoms with Crippen molar-refractivity contribution in [2.75, 3.05) is 6.61 Å². The zero-order valence-corrected chi connectivity index (χ0v) is 11.2. The van der Waals surface area contributed by atoms with Gasteiger partial charge in [-0.25, -0.2) is 4.39 Å². The summed E-state index contributed by atoms with van der Waals surface area (Å²) in [5.41, 5.74) is 2.39. The van der Waals surface area contributed by atoms with Crippen LogP contribution in [0.25, 0.3) is 0 Å². The lowest BCUT2D eigenvalue weighted by Crippen LogP contribution is -1.97. The quantitative estimate of drug-likeness (QED) is 0.869. The molecule has 0 aliphatic rings. The number of hydrogen-bond donors (Lipinski definition) is 1. The van der Waals surface area contributed by atoms with E-state index in [1.165, 1.54) is 12.1 Å². The standard InChI is InChI=1S/C17H15FO2/c1-13-4-6-17(7-5-13)20-12-15-9-14(3-2-8-19)10-16(18)11-15/h4-7,9-11,19H,8,12H2,1H3. The molecule has 20 heavy (non-hydrogen) atoms.